The number of nitrogens with zero attached hydrogens (tertiary/aromatic N) is 1. The van der Waals surface area contributed by atoms with Gasteiger partial charge in [0, 0.05) is 22.4 Å². The Morgan fingerprint density at radius 3 is 2.65 bits per heavy atom. The van der Waals surface area contributed by atoms with E-state index in [1.54, 1.807) is 11.3 Å². The van der Waals surface area contributed by atoms with Crippen LogP contribution in [-0.4, -0.2) is 25.0 Å². The van der Waals surface area contributed by atoms with Gasteiger partial charge in [-0.2, -0.15) is 0 Å². The van der Waals surface area contributed by atoms with E-state index < -0.39 is 0 Å². The lowest BCUT2D eigenvalue weighted by atomic mass is 10.2. The standard InChI is InChI=1S/C12H18Br2N2S/c1-7-3-8(7)6-16(2)10(5-15)11-4-9(13)12(14)17-11/h4,7-8,10H,3,5-6,15H2,1-2H3. The van der Waals surface area contributed by atoms with Crippen LogP contribution < -0.4 is 5.73 Å². The van der Waals surface area contributed by atoms with Gasteiger partial charge in [-0.25, -0.2) is 0 Å². The first-order valence-corrected chi connectivity index (χ1v) is 8.28. The van der Waals surface area contributed by atoms with E-state index in [1.807, 2.05) is 0 Å². The Kier molecular flexibility index (Phi) is 4.69. The van der Waals surface area contributed by atoms with Crippen molar-refractivity contribution in [3.05, 3.63) is 19.2 Å². The van der Waals surface area contributed by atoms with Crippen molar-refractivity contribution < 1.29 is 0 Å². The molecule has 1 aliphatic rings. The molecular formula is C12H18Br2N2S. The predicted molar refractivity (Wildman–Crippen MR) is 81.4 cm³/mol. The van der Waals surface area contributed by atoms with E-state index in [2.05, 4.69) is 56.8 Å². The fourth-order valence-corrected chi connectivity index (χ4v) is 4.46. The third-order valence-electron chi connectivity index (χ3n) is 3.55. The minimum atomic E-state index is 0.343. The molecule has 2 N–H and O–H groups in total. The molecule has 0 amide bonds. The Morgan fingerprint density at radius 2 is 2.24 bits per heavy atom. The van der Waals surface area contributed by atoms with E-state index in [0.717, 1.165) is 26.6 Å². The molecule has 1 aromatic rings. The van der Waals surface area contributed by atoms with E-state index in [-0.39, 0.29) is 0 Å². The molecular weight excluding hydrogens is 364 g/mol. The highest BCUT2D eigenvalue weighted by Gasteiger charge is 2.34. The number of nitrogens with two attached hydrogens (primary N) is 1. The van der Waals surface area contributed by atoms with Crippen molar-refractivity contribution in [3.63, 3.8) is 0 Å². The second-order valence-corrected chi connectivity index (χ2v) is 8.19. The Balaban J connectivity index is 2.04. The maximum atomic E-state index is 5.93. The number of likely N-dealkylation sites (N-methyl/N-ethyl adjacent to an activating group) is 1. The molecule has 0 spiro atoms. The monoisotopic (exact) mass is 380 g/mol. The number of hydrogen-bond acceptors (Lipinski definition) is 3. The van der Waals surface area contributed by atoms with Gasteiger partial charge < -0.3 is 5.73 Å². The summed E-state index contributed by atoms with van der Waals surface area (Å²) < 4.78 is 2.28. The number of rotatable bonds is 5. The summed E-state index contributed by atoms with van der Waals surface area (Å²) in [5.41, 5.74) is 5.93. The highest BCUT2D eigenvalue weighted by Crippen LogP contribution is 2.41. The van der Waals surface area contributed by atoms with E-state index >= 15 is 0 Å². The van der Waals surface area contributed by atoms with Gasteiger partial charge in [-0.15, -0.1) is 11.3 Å². The zero-order chi connectivity index (χ0) is 12.6. The summed E-state index contributed by atoms with van der Waals surface area (Å²) in [4.78, 5) is 3.74. The fraction of sp³-hybridized carbons (Fsp3) is 0.667. The molecule has 1 aromatic heterocycles. The molecule has 1 saturated carbocycles. The molecule has 17 heavy (non-hydrogen) atoms. The highest BCUT2D eigenvalue weighted by molar-refractivity contribution is 9.13. The first kappa shape index (κ1) is 14.0. The first-order chi connectivity index (χ1) is 8.02. The Morgan fingerprint density at radius 1 is 1.59 bits per heavy atom. The van der Waals surface area contributed by atoms with E-state index in [9.17, 15) is 0 Å². The first-order valence-electron chi connectivity index (χ1n) is 5.88. The summed E-state index contributed by atoms with van der Waals surface area (Å²) in [5, 5.41) is 0. The normalized spacial score (nSPS) is 25.3. The molecule has 0 aromatic carbocycles. The molecule has 0 bridgehead atoms. The van der Waals surface area contributed by atoms with Crippen LogP contribution in [0.15, 0.2) is 14.3 Å². The van der Waals surface area contributed by atoms with Gasteiger partial charge >= 0.3 is 0 Å². The number of thiophene rings is 1. The fourth-order valence-electron chi connectivity index (χ4n) is 2.19. The predicted octanol–water partition coefficient (Wildman–Crippen LogP) is 3.86. The summed E-state index contributed by atoms with van der Waals surface area (Å²) in [5.74, 6) is 1.78. The molecule has 1 heterocycles. The lowest BCUT2D eigenvalue weighted by molar-refractivity contribution is 0.240. The summed E-state index contributed by atoms with van der Waals surface area (Å²) in [7, 11) is 2.18. The summed E-state index contributed by atoms with van der Waals surface area (Å²) in [6, 6.07) is 2.52. The zero-order valence-corrected chi connectivity index (χ0v) is 14.1. The van der Waals surface area contributed by atoms with Gasteiger partial charge in [0.1, 0.15) is 0 Å². The maximum absolute atomic E-state index is 5.93. The Labute approximate surface area is 124 Å². The van der Waals surface area contributed by atoms with Crippen molar-refractivity contribution in [2.24, 2.45) is 17.6 Å². The van der Waals surface area contributed by atoms with Gasteiger partial charge in [-0.3, -0.25) is 4.90 Å². The van der Waals surface area contributed by atoms with Gasteiger partial charge in [0.15, 0.2) is 0 Å². The number of hydrogen-bond donors (Lipinski definition) is 1. The second-order valence-electron chi connectivity index (χ2n) is 4.93. The van der Waals surface area contributed by atoms with Crippen molar-refractivity contribution >= 4 is 43.2 Å². The lowest BCUT2D eigenvalue weighted by Gasteiger charge is -2.26. The third-order valence-corrected chi connectivity index (χ3v) is 6.90. The molecule has 0 saturated heterocycles. The minimum absolute atomic E-state index is 0.343. The van der Waals surface area contributed by atoms with Crippen molar-refractivity contribution in [1.29, 1.82) is 0 Å². The van der Waals surface area contributed by atoms with E-state index in [4.69, 9.17) is 5.73 Å². The Bertz CT molecular complexity index is 374. The topological polar surface area (TPSA) is 29.3 Å². The van der Waals surface area contributed by atoms with Gasteiger partial charge in [0.2, 0.25) is 0 Å². The highest BCUT2D eigenvalue weighted by atomic mass is 79.9. The van der Waals surface area contributed by atoms with Gasteiger partial charge in [-0.1, -0.05) is 6.92 Å². The van der Waals surface area contributed by atoms with Crippen LogP contribution in [0.4, 0.5) is 0 Å². The van der Waals surface area contributed by atoms with E-state index in [0.29, 0.717) is 12.6 Å². The van der Waals surface area contributed by atoms with E-state index in [1.165, 1.54) is 11.3 Å². The van der Waals surface area contributed by atoms with Crippen LogP contribution in [0.25, 0.3) is 0 Å². The van der Waals surface area contributed by atoms with Crippen LogP contribution in [0.2, 0.25) is 0 Å². The van der Waals surface area contributed by atoms with Crippen LogP contribution in [0.1, 0.15) is 24.3 Å². The van der Waals surface area contributed by atoms with Crippen molar-refractivity contribution in [2.45, 2.75) is 19.4 Å². The molecule has 5 heteroatoms. The average Bonchev–Trinajstić information content (AvgIpc) is 2.83. The van der Waals surface area contributed by atoms with Crippen LogP contribution in [0, 0.1) is 11.8 Å². The maximum Gasteiger partial charge on any atom is 0.0843 e. The third kappa shape index (κ3) is 3.32. The lowest BCUT2D eigenvalue weighted by Crippen LogP contribution is -2.31. The molecule has 0 aliphatic heterocycles. The average molecular weight is 382 g/mol. The van der Waals surface area contributed by atoms with Crippen LogP contribution >= 0.6 is 43.2 Å². The largest absolute Gasteiger partial charge is 0.329 e. The smallest absolute Gasteiger partial charge is 0.0843 e. The van der Waals surface area contributed by atoms with Crippen molar-refractivity contribution in [1.82, 2.24) is 4.90 Å². The van der Waals surface area contributed by atoms with Crippen molar-refractivity contribution in [2.75, 3.05) is 20.1 Å². The molecule has 0 radical (unpaired) electrons. The van der Waals surface area contributed by atoms with Crippen LogP contribution in [0.3, 0.4) is 0 Å². The molecule has 1 aliphatic carbocycles. The molecule has 2 nitrogen and oxygen atoms in total. The van der Waals surface area contributed by atoms with Crippen molar-refractivity contribution in [3.8, 4) is 0 Å². The van der Waals surface area contributed by atoms with Gasteiger partial charge in [0.25, 0.3) is 0 Å². The minimum Gasteiger partial charge on any atom is -0.329 e. The van der Waals surface area contributed by atoms with Crippen LogP contribution in [0.5, 0.6) is 0 Å². The zero-order valence-electron chi connectivity index (χ0n) is 10.1. The second kappa shape index (κ2) is 5.70. The molecule has 2 rings (SSSR count). The Hall–Kier alpha value is 0.580. The summed E-state index contributed by atoms with van der Waals surface area (Å²) in [6.07, 6.45) is 1.37. The quantitative estimate of drug-likeness (QED) is 0.838. The van der Waals surface area contributed by atoms with Crippen LogP contribution in [-0.2, 0) is 0 Å². The van der Waals surface area contributed by atoms with Gasteiger partial charge in [-0.05, 0) is 63.2 Å². The molecule has 96 valence electrons. The summed E-state index contributed by atoms with van der Waals surface area (Å²) in [6.45, 7) is 4.17. The SMILES string of the molecule is CC1CC1CN(C)C(CN)c1cc(Br)c(Br)s1. The number of halogens is 2. The summed E-state index contributed by atoms with van der Waals surface area (Å²) >= 11 is 8.86. The van der Waals surface area contributed by atoms with Gasteiger partial charge in [0.05, 0.1) is 9.83 Å². The molecule has 3 atom stereocenters. The molecule has 1 fully saturated rings. The molecule has 3 unspecified atom stereocenters.